The Hall–Kier alpha value is -1.26. The number of amides is 1. The van der Waals surface area contributed by atoms with Crippen molar-refractivity contribution in [3.63, 3.8) is 0 Å². The Kier molecular flexibility index (Phi) is 3.54. The maximum atomic E-state index is 11.6. The van der Waals surface area contributed by atoms with E-state index >= 15 is 0 Å². The lowest BCUT2D eigenvalue weighted by molar-refractivity contribution is -0.122. The van der Waals surface area contributed by atoms with Crippen LogP contribution in [-0.4, -0.2) is 30.1 Å². The SMILES string of the molecule is CC1C(=O)NCCN1c1c(Cl)cccc1CO. The van der Waals surface area contributed by atoms with Crippen molar-refractivity contribution in [2.45, 2.75) is 19.6 Å². The average Bonchev–Trinajstić information content (AvgIpc) is 2.33. The Labute approximate surface area is 105 Å². The summed E-state index contributed by atoms with van der Waals surface area (Å²) >= 11 is 6.17. The predicted octanol–water partition coefficient (Wildman–Crippen LogP) is 1.16. The number of para-hydroxylation sites is 1. The van der Waals surface area contributed by atoms with E-state index in [0.717, 1.165) is 11.3 Å². The van der Waals surface area contributed by atoms with Crippen molar-refractivity contribution >= 4 is 23.2 Å². The zero-order valence-electron chi connectivity index (χ0n) is 9.61. The molecule has 1 heterocycles. The minimum Gasteiger partial charge on any atom is -0.392 e. The fourth-order valence-corrected chi connectivity index (χ4v) is 2.40. The Morgan fingerprint density at radius 1 is 1.59 bits per heavy atom. The number of aliphatic hydroxyl groups is 1. The second kappa shape index (κ2) is 4.94. The van der Waals surface area contributed by atoms with Gasteiger partial charge in [0.2, 0.25) is 5.91 Å². The van der Waals surface area contributed by atoms with Crippen LogP contribution in [-0.2, 0) is 11.4 Å². The van der Waals surface area contributed by atoms with Crippen molar-refractivity contribution in [1.29, 1.82) is 0 Å². The molecule has 0 spiro atoms. The van der Waals surface area contributed by atoms with Crippen LogP contribution in [0.25, 0.3) is 0 Å². The summed E-state index contributed by atoms with van der Waals surface area (Å²) in [6, 6.07) is 5.12. The normalized spacial score (nSPS) is 20.3. The molecule has 1 saturated heterocycles. The van der Waals surface area contributed by atoms with Crippen LogP contribution in [0.5, 0.6) is 0 Å². The molecule has 0 radical (unpaired) electrons. The van der Waals surface area contributed by atoms with E-state index in [1.54, 1.807) is 12.1 Å². The van der Waals surface area contributed by atoms with Crippen molar-refractivity contribution in [2.75, 3.05) is 18.0 Å². The van der Waals surface area contributed by atoms with Gasteiger partial charge in [0.25, 0.3) is 0 Å². The highest BCUT2D eigenvalue weighted by Crippen LogP contribution is 2.31. The predicted molar refractivity (Wildman–Crippen MR) is 67.2 cm³/mol. The van der Waals surface area contributed by atoms with Crippen molar-refractivity contribution in [3.05, 3.63) is 28.8 Å². The lowest BCUT2D eigenvalue weighted by atomic mass is 10.1. The highest BCUT2D eigenvalue weighted by molar-refractivity contribution is 6.33. The van der Waals surface area contributed by atoms with E-state index in [1.807, 2.05) is 17.9 Å². The van der Waals surface area contributed by atoms with Crippen LogP contribution in [0, 0.1) is 0 Å². The molecule has 0 saturated carbocycles. The molecule has 1 aromatic rings. The van der Waals surface area contributed by atoms with E-state index in [1.165, 1.54) is 0 Å². The fourth-order valence-electron chi connectivity index (χ4n) is 2.10. The molecular formula is C12H15ClN2O2. The quantitative estimate of drug-likeness (QED) is 0.833. The van der Waals surface area contributed by atoms with Crippen LogP contribution in [0.3, 0.4) is 0 Å². The number of rotatable bonds is 2. The van der Waals surface area contributed by atoms with E-state index in [9.17, 15) is 9.90 Å². The second-order valence-corrected chi connectivity index (χ2v) is 4.47. The van der Waals surface area contributed by atoms with Crippen LogP contribution in [0.2, 0.25) is 5.02 Å². The van der Waals surface area contributed by atoms with E-state index in [4.69, 9.17) is 11.6 Å². The Bertz CT molecular complexity index is 437. The highest BCUT2D eigenvalue weighted by atomic mass is 35.5. The summed E-state index contributed by atoms with van der Waals surface area (Å²) in [6.45, 7) is 3.04. The molecule has 4 nitrogen and oxygen atoms in total. The van der Waals surface area contributed by atoms with E-state index in [-0.39, 0.29) is 18.6 Å². The summed E-state index contributed by atoms with van der Waals surface area (Å²) in [5.74, 6) is -0.0138. The maximum Gasteiger partial charge on any atom is 0.242 e. The van der Waals surface area contributed by atoms with Gasteiger partial charge in [-0.25, -0.2) is 0 Å². The summed E-state index contributed by atoms with van der Waals surface area (Å²) in [6.07, 6.45) is 0. The van der Waals surface area contributed by atoms with Crippen LogP contribution in [0.4, 0.5) is 5.69 Å². The van der Waals surface area contributed by atoms with Crippen LogP contribution >= 0.6 is 11.6 Å². The lowest BCUT2D eigenvalue weighted by Gasteiger charge is -2.36. The Balaban J connectivity index is 2.41. The topological polar surface area (TPSA) is 52.6 Å². The molecule has 17 heavy (non-hydrogen) atoms. The fraction of sp³-hybridized carbons (Fsp3) is 0.417. The molecule has 1 unspecified atom stereocenters. The molecule has 2 N–H and O–H groups in total. The first kappa shape index (κ1) is 12.2. The van der Waals surface area contributed by atoms with Gasteiger partial charge in [0.1, 0.15) is 6.04 Å². The van der Waals surface area contributed by atoms with E-state index < -0.39 is 0 Å². The molecule has 1 aromatic carbocycles. The van der Waals surface area contributed by atoms with Gasteiger partial charge in [-0.2, -0.15) is 0 Å². The molecule has 92 valence electrons. The largest absolute Gasteiger partial charge is 0.392 e. The molecule has 0 aliphatic carbocycles. The summed E-state index contributed by atoms with van der Waals surface area (Å²) in [5.41, 5.74) is 1.51. The standard InChI is InChI=1S/C12H15ClN2O2/c1-8-12(17)14-5-6-15(8)11-9(7-16)3-2-4-10(11)13/h2-4,8,16H,5-7H2,1H3,(H,14,17). The zero-order valence-corrected chi connectivity index (χ0v) is 10.4. The Morgan fingerprint density at radius 3 is 3.06 bits per heavy atom. The molecule has 1 amide bonds. The van der Waals surface area contributed by atoms with E-state index in [2.05, 4.69) is 5.32 Å². The molecular weight excluding hydrogens is 240 g/mol. The molecule has 1 atom stereocenters. The first-order valence-corrected chi connectivity index (χ1v) is 5.95. The number of halogens is 1. The molecule has 0 aromatic heterocycles. The summed E-state index contributed by atoms with van der Waals surface area (Å²) in [4.78, 5) is 13.6. The zero-order chi connectivity index (χ0) is 12.4. The lowest BCUT2D eigenvalue weighted by Crippen LogP contribution is -2.54. The smallest absolute Gasteiger partial charge is 0.242 e. The summed E-state index contributed by atoms with van der Waals surface area (Å²) in [5, 5.41) is 12.7. The van der Waals surface area contributed by atoms with Gasteiger partial charge in [0, 0.05) is 18.7 Å². The Morgan fingerprint density at radius 2 is 2.35 bits per heavy atom. The van der Waals surface area contributed by atoms with Crippen LogP contribution in [0.15, 0.2) is 18.2 Å². The van der Waals surface area contributed by atoms with Crippen molar-refractivity contribution in [1.82, 2.24) is 5.32 Å². The third-order valence-corrected chi connectivity index (χ3v) is 3.33. The van der Waals surface area contributed by atoms with E-state index in [0.29, 0.717) is 18.1 Å². The number of anilines is 1. The third-order valence-electron chi connectivity index (χ3n) is 3.03. The van der Waals surface area contributed by atoms with Gasteiger partial charge in [-0.3, -0.25) is 4.79 Å². The van der Waals surface area contributed by atoms with Gasteiger partial charge in [-0.15, -0.1) is 0 Å². The second-order valence-electron chi connectivity index (χ2n) is 4.07. The van der Waals surface area contributed by atoms with Crippen molar-refractivity contribution < 1.29 is 9.90 Å². The minimum atomic E-state index is -0.269. The molecule has 5 heteroatoms. The molecule has 1 fully saturated rings. The monoisotopic (exact) mass is 254 g/mol. The van der Waals surface area contributed by atoms with Gasteiger partial charge < -0.3 is 15.3 Å². The van der Waals surface area contributed by atoms with Gasteiger partial charge in [0.15, 0.2) is 0 Å². The highest BCUT2D eigenvalue weighted by Gasteiger charge is 2.28. The van der Waals surface area contributed by atoms with Crippen LogP contribution < -0.4 is 10.2 Å². The van der Waals surface area contributed by atoms with Gasteiger partial charge in [-0.05, 0) is 13.0 Å². The number of carbonyl (C=O) groups excluding carboxylic acids is 1. The third kappa shape index (κ3) is 2.23. The summed E-state index contributed by atoms with van der Waals surface area (Å²) < 4.78 is 0. The minimum absolute atomic E-state index is 0.0138. The molecule has 0 bridgehead atoms. The van der Waals surface area contributed by atoms with Crippen LogP contribution in [0.1, 0.15) is 12.5 Å². The number of hydrogen-bond donors (Lipinski definition) is 2. The van der Waals surface area contributed by atoms with Gasteiger partial charge >= 0.3 is 0 Å². The number of aliphatic hydroxyl groups excluding tert-OH is 1. The number of carbonyl (C=O) groups is 1. The molecule has 2 rings (SSSR count). The first-order valence-electron chi connectivity index (χ1n) is 5.57. The summed E-state index contributed by atoms with van der Waals surface area (Å²) in [7, 11) is 0. The van der Waals surface area contributed by atoms with Gasteiger partial charge in [-0.1, -0.05) is 23.7 Å². The van der Waals surface area contributed by atoms with Crippen molar-refractivity contribution in [2.24, 2.45) is 0 Å². The number of piperazine rings is 1. The number of hydrogen-bond acceptors (Lipinski definition) is 3. The maximum absolute atomic E-state index is 11.6. The average molecular weight is 255 g/mol. The number of nitrogens with one attached hydrogen (secondary N) is 1. The molecule has 1 aliphatic heterocycles. The first-order chi connectivity index (χ1) is 8.15. The van der Waals surface area contributed by atoms with Gasteiger partial charge in [0.05, 0.1) is 17.3 Å². The number of benzene rings is 1. The number of nitrogens with zero attached hydrogens (tertiary/aromatic N) is 1. The molecule has 1 aliphatic rings. The van der Waals surface area contributed by atoms with Crippen molar-refractivity contribution in [3.8, 4) is 0 Å².